The molecule has 34 heavy (non-hydrogen) atoms. The highest BCUT2D eigenvalue weighted by atomic mass is 16.1. The molecule has 9 heteroatoms. The highest BCUT2D eigenvalue weighted by molar-refractivity contribution is 5.98. The van der Waals surface area contributed by atoms with E-state index in [0.29, 0.717) is 17.9 Å². The number of anilines is 2. The quantitative estimate of drug-likeness (QED) is 0.467. The summed E-state index contributed by atoms with van der Waals surface area (Å²) in [7, 11) is 1.89. The molecule has 4 aromatic rings. The molecular weight excluding hydrogens is 428 g/mol. The van der Waals surface area contributed by atoms with Crippen molar-refractivity contribution in [3.05, 3.63) is 79.0 Å². The van der Waals surface area contributed by atoms with Gasteiger partial charge in [-0.1, -0.05) is 12.7 Å². The van der Waals surface area contributed by atoms with E-state index in [2.05, 4.69) is 50.2 Å². The third-order valence-electron chi connectivity index (χ3n) is 5.88. The molecule has 1 aliphatic rings. The van der Waals surface area contributed by atoms with E-state index >= 15 is 0 Å². The second-order valence-corrected chi connectivity index (χ2v) is 8.03. The zero-order valence-corrected chi connectivity index (χ0v) is 18.6. The number of nitrogens with one attached hydrogen (secondary N) is 1. The Hall–Kier alpha value is -4.71. The minimum absolute atomic E-state index is 0.290. The van der Waals surface area contributed by atoms with E-state index in [4.69, 9.17) is 0 Å². The lowest BCUT2D eigenvalue weighted by atomic mass is 9.95. The third-order valence-corrected chi connectivity index (χ3v) is 5.88. The standard InChI is InChI=1S/C25H22N8O/c1-3-24(34)30-23-5-4-21(14-27-23)32-8-6-17(7-9-32)22-10-18(20-13-28-31(2)15-20)16-33-25(22)19(11-26)12-29-33/h3-6,10,12-16H,1,7-9H2,2H3,(H,27,30,34). The average molecular weight is 451 g/mol. The van der Waals surface area contributed by atoms with Gasteiger partial charge in [0.15, 0.2) is 0 Å². The zero-order valence-electron chi connectivity index (χ0n) is 18.6. The Morgan fingerprint density at radius 3 is 2.74 bits per heavy atom. The maximum atomic E-state index is 11.5. The molecule has 0 aliphatic carbocycles. The van der Waals surface area contributed by atoms with Crippen LogP contribution in [-0.4, -0.2) is 43.4 Å². The molecule has 5 heterocycles. The summed E-state index contributed by atoms with van der Waals surface area (Å²) < 4.78 is 3.55. The number of hydrogen-bond acceptors (Lipinski definition) is 6. The fourth-order valence-corrected chi connectivity index (χ4v) is 4.15. The van der Waals surface area contributed by atoms with Crippen LogP contribution >= 0.6 is 0 Å². The summed E-state index contributed by atoms with van der Waals surface area (Å²) in [5, 5.41) is 21.0. The van der Waals surface area contributed by atoms with Gasteiger partial charge in [-0.2, -0.15) is 15.5 Å². The Balaban J connectivity index is 1.45. The fraction of sp³-hybridized carbons (Fsp3) is 0.160. The van der Waals surface area contributed by atoms with Gasteiger partial charge in [-0.05, 0) is 36.3 Å². The molecule has 1 N–H and O–H groups in total. The van der Waals surface area contributed by atoms with Crippen molar-refractivity contribution < 1.29 is 4.79 Å². The summed E-state index contributed by atoms with van der Waals surface area (Å²) in [5.74, 6) is 0.198. The molecule has 5 rings (SSSR count). The van der Waals surface area contributed by atoms with E-state index in [0.717, 1.165) is 40.9 Å². The van der Waals surface area contributed by atoms with Gasteiger partial charge in [-0.3, -0.25) is 9.48 Å². The van der Waals surface area contributed by atoms with Gasteiger partial charge in [-0.15, -0.1) is 0 Å². The van der Waals surface area contributed by atoms with Crippen molar-refractivity contribution in [1.82, 2.24) is 24.4 Å². The number of rotatable bonds is 5. The summed E-state index contributed by atoms with van der Waals surface area (Å²) in [6.45, 7) is 4.95. The summed E-state index contributed by atoms with van der Waals surface area (Å²) >= 11 is 0. The molecule has 1 aliphatic heterocycles. The molecule has 0 bridgehead atoms. The topological polar surface area (TPSA) is 104 Å². The van der Waals surface area contributed by atoms with Crippen LogP contribution in [0.1, 0.15) is 17.5 Å². The molecule has 9 nitrogen and oxygen atoms in total. The minimum Gasteiger partial charge on any atom is -0.366 e. The van der Waals surface area contributed by atoms with Crippen LogP contribution in [-0.2, 0) is 11.8 Å². The van der Waals surface area contributed by atoms with Crippen LogP contribution in [0.25, 0.3) is 22.2 Å². The number of amides is 1. The van der Waals surface area contributed by atoms with Crippen molar-refractivity contribution in [3.8, 4) is 17.2 Å². The molecule has 0 unspecified atom stereocenters. The zero-order chi connectivity index (χ0) is 23.7. The minimum atomic E-state index is -0.290. The van der Waals surface area contributed by atoms with Gasteiger partial charge >= 0.3 is 0 Å². The summed E-state index contributed by atoms with van der Waals surface area (Å²) in [4.78, 5) is 18.0. The highest BCUT2D eigenvalue weighted by Gasteiger charge is 2.19. The third kappa shape index (κ3) is 3.93. The van der Waals surface area contributed by atoms with Crippen LogP contribution in [0.5, 0.6) is 0 Å². The molecule has 0 radical (unpaired) electrons. The van der Waals surface area contributed by atoms with E-state index in [1.54, 1.807) is 27.7 Å². The maximum Gasteiger partial charge on any atom is 0.248 e. The van der Waals surface area contributed by atoms with Crippen LogP contribution in [0, 0.1) is 11.3 Å². The largest absolute Gasteiger partial charge is 0.366 e. The smallest absolute Gasteiger partial charge is 0.248 e. The van der Waals surface area contributed by atoms with Crippen molar-refractivity contribution in [2.45, 2.75) is 6.42 Å². The second-order valence-electron chi connectivity index (χ2n) is 8.03. The monoisotopic (exact) mass is 450 g/mol. The number of pyridine rings is 2. The number of hydrogen-bond donors (Lipinski definition) is 1. The fourth-order valence-electron chi connectivity index (χ4n) is 4.15. The lowest BCUT2D eigenvalue weighted by molar-refractivity contribution is -0.111. The van der Waals surface area contributed by atoms with E-state index in [1.165, 1.54) is 11.6 Å². The Labute approximate surface area is 196 Å². The maximum absolute atomic E-state index is 11.5. The van der Waals surface area contributed by atoms with E-state index in [9.17, 15) is 10.1 Å². The van der Waals surface area contributed by atoms with Crippen molar-refractivity contribution in [2.24, 2.45) is 7.05 Å². The van der Waals surface area contributed by atoms with E-state index < -0.39 is 0 Å². The van der Waals surface area contributed by atoms with E-state index in [-0.39, 0.29) is 5.91 Å². The van der Waals surface area contributed by atoms with Crippen LogP contribution in [0.4, 0.5) is 11.5 Å². The Morgan fingerprint density at radius 2 is 2.09 bits per heavy atom. The summed E-state index contributed by atoms with van der Waals surface area (Å²) in [6, 6.07) is 8.11. The summed E-state index contributed by atoms with van der Waals surface area (Å²) in [5.41, 5.74) is 6.52. The number of nitrogens with zero attached hydrogens (tertiary/aromatic N) is 7. The van der Waals surface area contributed by atoms with Gasteiger partial charge in [-0.25, -0.2) is 9.50 Å². The first-order chi connectivity index (χ1) is 16.6. The predicted molar refractivity (Wildman–Crippen MR) is 130 cm³/mol. The molecule has 0 saturated carbocycles. The van der Waals surface area contributed by atoms with Gasteiger partial charge in [0.1, 0.15) is 11.9 Å². The first kappa shape index (κ1) is 21.2. The lowest BCUT2D eigenvalue weighted by Crippen LogP contribution is -2.28. The first-order valence-corrected chi connectivity index (χ1v) is 10.8. The number of carbonyl (C=O) groups is 1. The molecule has 4 aromatic heterocycles. The predicted octanol–water partition coefficient (Wildman–Crippen LogP) is 3.42. The van der Waals surface area contributed by atoms with E-state index in [1.807, 2.05) is 31.7 Å². The number of fused-ring (bicyclic) bond motifs is 1. The van der Waals surface area contributed by atoms with Crippen molar-refractivity contribution in [2.75, 3.05) is 23.3 Å². The molecule has 0 aromatic carbocycles. The van der Waals surface area contributed by atoms with Crippen molar-refractivity contribution >= 4 is 28.5 Å². The SMILES string of the molecule is C=CC(=O)Nc1ccc(N2CC=C(c3cc(-c4cnn(C)c4)cn4ncc(C#N)c34)CC2)cn1. The molecule has 0 saturated heterocycles. The molecule has 168 valence electrons. The van der Waals surface area contributed by atoms with Crippen LogP contribution in [0.2, 0.25) is 0 Å². The lowest BCUT2D eigenvalue weighted by Gasteiger charge is -2.28. The Morgan fingerprint density at radius 1 is 1.21 bits per heavy atom. The number of carbonyl (C=O) groups excluding carboxylic acids is 1. The van der Waals surface area contributed by atoms with Gasteiger partial charge < -0.3 is 10.2 Å². The van der Waals surface area contributed by atoms with Gasteiger partial charge in [0.05, 0.1) is 35.4 Å². The van der Waals surface area contributed by atoms with Crippen molar-refractivity contribution in [1.29, 1.82) is 5.26 Å². The average Bonchev–Trinajstić information content (AvgIpc) is 3.50. The molecule has 0 fully saturated rings. The number of nitriles is 1. The molecule has 1 amide bonds. The molecule has 0 spiro atoms. The van der Waals surface area contributed by atoms with Gasteiger partial charge in [0.25, 0.3) is 0 Å². The Kier molecular flexibility index (Phi) is 5.40. The summed E-state index contributed by atoms with van der Waals surface area (Å²) in [6.07, 6.45) is 13.3. The van der Waals surface area contributed by atoms with Crippen LogP contribution in [0.3, 0.4) is 0 Å². The molecule has 0 atom stereocenters. The van der Waals surface area contributed by atoms with Gasteiger partial charge in [0.2, 0.25) is 5.91 Å². The van der Waals surface area contributed by atoms with Crippen LogP contribution < -0.4 is 10.2 Å². The van der Waals surface area contributed by atoms with Crippen LogP contribution in [0.15, 0.2) is 67.9 Å². The highest BCUT2D eigenvalue weighted by Crippen LogP contribution is 2.33. The second kappa shape index (κ2) is 8.67. The number of aromatic nitrogens is 5. The normalized spacial score (nSPS) is 13.4. The Bertz CT molecular complexity index is 1470. The molecular formula is C25H22N8O. The van der Waals surface area contributed by atoms with Gasteiger partial charge in [0, 0.05) is 49.2 Å². The first-order valence-electron chi connectivity index (χ1n) is 10.8. The number of aryl methyl sites for hydroxylation is 1. The van der Waals surface area contributed by atoms with Crippen molar-refractivity contribution in [3.63, 3.8) is 0 Å².